The predicted molar refractivity (Wildman–Crippen MR) is 80.0 cm³/mol. The second kappa shape index (κ2) is 5.62. The predicted octanol–water partition coefficient (Wildman–Crippen LogP) is 3.29. The number of nitrogens with one attached hydrogen (secondary N) is 1. The average Bonchev–Trinajstić information content (AvgIpc) is 2.46. The van der Waals surface area contributed by atoms with Crippen LogP contribution in [0.15, 0.2) is 24.3 Å². The molecular formula is C16H17N3O. The number of aryl methyl sites for hydroxylation is 2. The number of aromatic nitrogens is 1. The molecule has 0 spiro atoms. The molecule has 0 atom stereocenters. The van der Waals surface area contributed by atoms with Crippen molar-refractivity contribution in [3.05, 3.63) is 41.0 Å². The van der Waals surface area contributed by atoms with Crippen LogP contribution in [-0.4, -0.2) is 19.1 Å². The van der Waals surface area contributed by atoms with Gasteiger partial charge in [-0.1, -0.05) is 0 Å². The van der Waals surface area contributed by atoms with Gasteiger partial charge < -0.3 is 10.1 Å². The van der Waals surface area contributed by atoms with Crippen molar-refractivity contribution in [2.75, 3.05) is 19.5 Å². The molecule has 1 aromatic carbocycles. The van der Waals surface area contributed by atoms with Gasteiger partial charge in [0.25, 0.3) is 0 Å². The Hall–Kier alpha value is -2.54. The van der Waals surface area contributed by atoms with Gasteiger partial charge in [0, 0.05) is 12.6 Å². The molecule has 20 heavy (non-hydrogen) atoms. The highest BCUT2D eigenvalue weighted by Gasteiger charge is 2.11. The van der Waals surface area contributed by atoms with Crippen LogP contribution in [0.4, 0.5) is 5.82 Å². The van der Waals surface area contributed by atoms with E-state index in [1.165, 1.54) is 0 Å². The Labute approximate surface area is 119 Å². The maximum atomic E-state index is 9.10. The summed E-state index contributed by atoms with van der Waals surface area (Å²) < 4.78 is 5.27. The van der Waals surface area contributed by atoms with E-state index in [9.17, 15) is 0 Å². The van der Waals surface area contributed by atoms with E-state index in [4.69, 9.17) is 10.00 Å². The highest BCUT2D eigenvalue weighted by atomic mass is 16.5. The Balaban J connectivity index is 2.58. The van der Waals surface area contributed by atoms with E-state index in [2.05, 4.69) is 16.4 Å². The minimum Gasteiger partial charge on any atom is -0.496 e. The summed E-state index contributed by atoms with van der Waals surface area (Å²) in [5.41, 5.74) is 4.48. The van der Waals surface area contributed by atoms with Gasteiger partial charge in [-0.25, -0.2) is 4.98 Å². The van der Waals surface area contributed by atoms with Crippen molar-refractivity contribution in [2.45, 2.75) is 13.8 Å². The number of pyridine rings is 1. The van der Waals surface area contributed by atoms with Crippen LogP contribution >= 0.6 is 0 Å². The summed E-state index contributed by atoms with van der Waals surface area (Å²) in [5, 5.41) is 12.1. The van der Waals surface area contributed by atoms with Crippen LogP contribution < -0.4 is 10.1 Å². The maximum absolute atomic E-state index is 9.10. The Morgan fingerprint density at radius 2 is 1.95 bits per heavy atom. The highest BCUT2D eigenvalue weighted by Crippen LogP contribution is 2.29. The first-order chi connectivity index (χ1) is 9.60. The fraction of sp³-hybridized carbons (Fsp3) is 0.250. The number of rotatable bonds is 3. The Morgan fingerprint density at radius 1 is 1.20 bits per heavy atom. The second-order valence-corrected chi connectivity index (χ2v) is 4.60. The van der Waals surface area contributed by atoms with Gasteiger partial charge in [0.05, 0.1) is 18.4 Å². The molecule has 2 rings (SSSR count). The van der Waals surface area contributed by atoms with Crippen molar-refractivity contribution in [1.82, 2.24) is 4.98 Å². The van der Waals surface area contributed by atoms with Gasteiger partial charge in [0.1, 0.15) is 17.6 Å². The lowest BCUT2D eigenvalue weighted by atomic mass is 10.0. The second-order valence-electron chi connectivity index (χ2n) is 4.60. The summed E-state index contributed by atoms with van der Waals surface area (Å²) in [6.45, 7) is 3.96. The number of methoxy groups -OCH3 is 1. The van der Waals surface area contributed by atoms with Crippen LogP contribution in [0, 0.1) is 25.2 Å². The third kappa shape index (κ3) is 2.43. The standard InChI is InChI=1S/C16H17N3O/c1-10-7-12(5-6-14(10)20-4)15-11(2)8-13(9-17)16(18-3)19-15/h5-8H,1-4H3,(H,18,19). The van der Waals surface area contributed by atoms with Crippen LogP contribution in [-0.2, 0) is 0 Å². The van der Waals surface area contributed by atoms with Crippen LogP contribution in [0.1, 0.15) is 16.7 Å². The molecule has 2 aromatic rings. The summed E-state index contributed by atoms with van der Waals surface area (Å²) >= 11 is 0. The zero-order valence-electron chi connectivity index (χ0n) is 12.1. The largest absolute Gasteiger partial charge is 0.496 e. The van der Waals surface area contributed by atoms with Crippen molar-refractivity contribution in [3.8, 4) is 23.1 Å². The number of anilines is 1. The number of hydrogen-bond acceptors (Lipinski definition) is 4. The zero-order chi connectivity index (χ0) is 14.7. The van der Waals surface area contributed by atoms with Crippen LogP contribution in [0.3, 0.4) is 0 Å². The summed E-state index contributed by atoms with van der Waals surface area (Å²) in [5.74, 6) is 1.45. The molecule has 0 amide bonds. The fourth-order valence-electron chi connectivity index (χ4n) is 2.21. The minimum absolute atomic E-state index is 0.555. The third-order valence-electron chi connectivity index (χ3n) is 3.24. The average molecular weight is 267 g/mol. The van der Waals surface area contributed by atoms with Crippen LogP contribution in [0.5, 0.6) is 5.75 Å². The van der Waals surface area contributed by atoms with Crippen molar-refractivity contribution < 1.29 is 4.74 Å². The monoisotopic (exact) mass is 267 g/mol. The summed E-state index contributed by atoms with van der Waals surface area (Å²) in [7, 11) is 3.42. The van der Waals surface area contributed by atoms with Crippen molar-refractivity contribution in [2.24, 2.45) is 0 Å². The van der Waals surface area contributed by atoms with E-state index in [0.29, 0.717) is 11.4 Å². The molecule has 1 N–H and O–H groups in total. The van der Waals surface area contributed by atoms with Crippen molar-refractivity contribution in [3.63, 3.8) is 0 Å². The molecule has 0 fully saturated rings. The lowest BCUT2D eigenvalue weighted by Crippen LogP contribution is -2.00. The number of hydrogen-bond donors (Lipinski definition) is 1. The van der Waals surface area contributed by atoms with Gasteiger partial charge in [-0.3, -0.25) is 0 Å². The molecular weight excluding hydrogens is 250 g/mol. The highest BCUT2D eigenvalue weighted by molar-refractivity contribution is 5.69. The molecule has 0 aliphatic carbocycles. The molecule has 1 aromatic heterocycles. The molecule has 0 saturated heterocycles. The Bertz CT molecular complexity index is 687. The molecule has 0 unspecified atom stereocenters. The topological polar surface area (TPSA) is 57.9 Å². The minimum atomic E-state index is 0.555. The van der Waals surface area contributed by atoms with Gasteiger partial charge >= 0.3 is 0 Å². The number of benzene rings is 1. The summed E-state index contributed by atoms with van der Waals surface area (Å²) in [6.07, 6.45) is 0. The van der Waals surface area contributed by atoms with E-state index in [1.54, 1.807) is 14.2 Å². The molecule has 4 nitrogen and oxygen atoms in total. The molecule has 102 valence electrons. The van der Waals surface area contributed by atoms with Crippen LogP contribution in [0.2, 0.25) is 0 Å². The van der Waals surface area contributed by atoms with E-state index in [-0.39, 0.29) is 0 Å². The molecule has 0 aliphatic rings. The lowest BCUT2D eigenvalue weighted by Gasteiger charge is -2.11. The fourth-order valence-corrected chi connectivity index (χ4v) is 2.21. The first kappa shape index (κ1) is 13.9. The van der Waals surface area contributed by atoms with Crippen molar-refractivity contribution >= 4 is 5.82 Å². The summed E-state index contributed by atoms with van der Waals surface area (Å²) in [4.78, 5) is 4.55. The normalized spacial score (nSPS) is 9.95. The van der Waals surface area contributed by atoms with Crippen molar-refractivity contribution in [1.29, 1.82) is 5.26 Å². The molecule has 0 radical (unpaired) electrons. The molecule has 0 aliphatic heterocycles. The van der Waals surface area contributed by atoms with E-state index < -0.39 is 0 Å². The quantitative estimate of drug-likeness (QED) is 0.927. The van der Waals surface area contributed by atoms with E-state index >= 15 is 0 Å². The Kier molecular flexibility index (Phi) is 3.90. The molecule has 1 heterocycles. The van der Waals surface area contributed by atoms with E-state index in [0.717, 1.165) is 28.1 Å². The van der Waals surface area contributed by atoms with Gasteiger partial charge in [-0.05, 0) is 49.2 Å². The van der Waals surface area contributed by atoms with Gasteiger partial charge in [-0.15, -0.1) is 0 Å². The summed E-state index contributed by atoms with van der Waals surface area (Å²) in [6, 6.07) is 9.96. The first-order valence-electron chi connectivity index (χ1n) is 6.35. The zero-order valence-corrected chi connectivity index (χ0v) is 12.1. The Morgan fingerprint density at radius 3 is 2.50 bits per heavy atom. The molecule has 4 heteroatoms. The smallest absolute Gasteiger partial charge is 0.144 e. The number of nitriles is 1. The van der Waals surface area contributed by atoms with Gasteiger partial charge in [-0.2, -0.15) is 5.26 Å². The van der Waals surface area contributed by atoms with Crippen LogP contribution in [0.25, 0.3) is 11.3 Å². The lowest BCUT2D eigenvalue weighted by molar-refractivity contribution is 0.412. The SMILES string of the molecule is CNc1nc(-c2ccc(OC)c(C)c2)c(C)cc1C#N. The van der Waals surface area contributed by atoms with Gasteiger partial charge in [0.15, 0.2) is 0 Å². The number of nitrogens with zero attached hydrogens (tertiary/aromatic N) is 2. The molecule has 0 saturated carbocycles. The maximum Gasteiger partial charge on any atom is 0.144 e. The van der Waals surface area contributed by atoms with Gasteiger partial charge in [0.2, 0.25) is 0 Å². The molecule has 0 bridgehead atoms. The first-order valence-corrected chi connectivity index (χ1v) is 6.35. The number of ether oxygens (including phenoxy) is 1. The van der Waals surface area contributed by atoms with E-state index in [1.807, 2.05) is 38.1 Å². The third-order valence-corrected chi connectivity index (χ3v) is 3.24.